The highest BCUT2D eigenvalue weighted by Gasteiger charge is 2.34. The highest BCUT2D eigenvalue weighted by atomic mass is 32.2. The van der Waals surface area contributed by atoms with Crippen LogP contribution in [0.1, 0.15) is 11.1 Å². The third kappa shape index (κ3) is 5.11. The van der Waals surface area contributed by atoms with Gasteiger partial charge in [0.1, 0.15) is 11.5 Å². The number of hydrogen-bond donors (Lipinski definition) is 0. The first kappa shape index (κ1) is 23.5. The van der Waals surface area contributed by atoms with E-state index in [0.717, 1.165) is 11.1 Å². The molecule has 0 spiro atoms. The molecule has 0 amide bonds. The van der Waals surface area contributed by atoms with Gasteiger partial charge in [-0.1, -0.05) is 42.5 Å². The topological polar surface area (TPSA) is 72.9 Å². The minimum absolute atomic E-state index is 0.0119. The van der Waals surface area contributed by atoms with Crippen LogP contribution in [-0.2, 0) is 14.8 Å². The van der Waals surface area contributed by atoms with Gasteiger partial charge in [-0.25, -0.2) is 8.42 Å². The molecule has 4 rings (SSSR count). The molecule has 34 heavy (non-hydrogen) atoms. The number of carbonyl (C=O) groups is 1. The zero-order chi connectivity index (χ0) is 24.1. The normalized spacial score (nSPS) is 17.2. The van der Waals surface area contributed by atoms with Crippen molar-refractivity contribution in [2.75, 3.05) is 27.3 Å². The van der Waals surface area contributed by atoms with Crippen molar-refractivity contribution in [2.45, 2.75) is 4.90 Å². The summed E-state index contributed by atoms with van der Waals surface area (Å²) in [5.74, 6) is 1.22. The van der Waals surface area contributed by atoms with E-state index < -0.39 is 10.0 Å². The van der Waals surface area contributed by atoms with Crippen LogP contribution < -0.4 is 9.47 Å². The van der Waals surface area contributed by atoms with Gasteiger partial charge in [0.15, 0.2) is 5.78 Å². The van der Waals surface area contributed by atoms with Gasteiger partial charge in [-0.3, -0.25) is 4.79 Å². The van der Waals surface area contributed by atoms with Crippen molar-refractivity contribution in [3.8, 4) is 11.5 Å². The van der Waals surface area contributed by atoms with E-state index in [4.69, 9.17) is 9.47 Å². The van der Waals surface area contributed by atoms with Gasteiger partial charge in [0.2, 0.25) is 10.0 Å². The van der Waals surface area contributed by atoms with Crippen LogP contribution in [0.4, 0.5) is 0 Å². The lowest BCUT2D eigenvalue weighted by Crippen LogP contribution is -2.41. The highest BCUT2D eigenvalue weighted by molar-refractivity contribution is 7.89. The second-order valence-corrected chi connectivity index (χ2v) is 9.74. The maximum atomic E-state index is 13.4. The van der Waals surface area contributed by atoms with Gasteiger partial charge >= 0.3 is 0 Å². The summed E-state index contributed by atoms with van der Waals surface area (Å²) in [5, 5.41) is 0. The maximum absolute atomic E-state index is 13.4. The first-order chi connectivity index (χ1) is 16.4. The molecule has 1 aliphatic rings. The molecule has 1 saturated heterocycles. The first-order valence-corrected chi connectivity index (χ1v) is 12.1. The van der Waals surface area contributed by atoms with Crippen LogP contribution in [0.5, 0.6) is 11.5 Å². The molecule has 1 aliphatic heterocycles. The largest absolute Gasteiger partial charge is 0.497 e. The Morgan fingerprint density at radius 1 is 0.706 bits per heavy atom. The van der Waals surface area contributed by atoms with Crippen molar-refractivity contribution < 1.29 is 22.7 Å². The number of sulfonamides is 1. The van der Waals surface area contributed by atoms with Gasteiger partial charge in [-0.2, -0.15) is 4.31 Å². The third-order valence-electron chi connectivity index (χ3n) is 5.57. The Balaban J connectivity index is 1.75. The van der Waals surface area contributed by atoms with Crippen LogP contribution in [0.15, 0.2) is 94.9 Å². The number of Topliss-reactive ketones (excluding diaryl/α,β-unsaturated/α-hetero) is 1. The van der Waals surface area contributed by atoms with Crippen molar-refractivity contribution in [1.29, 1.82) is 0 Å². The molecule has 174 valence electrons. The van der Waals surface area contributed by atoms with Crippen molar-refractivity contribution in [1.82, 2.24) is 4.31 Å². The summed E-state index contributed by atoms with van der Waals surface area (Å²) in [7, 11) is -0.630. The zero-order valence-corrected chi connectivity index (χ0v) is 19.8. The highest BCUT2D eigenvalue weighted by Crippen LogP contribution is 2.27. The number of benzene rings is 3. The molecule has 1 heterocycles. The lowest BCUT2D eigenvalue weighted by Gasteiger charge is -2.29. The predicted molar refractivity (Wildman–Crippen MR) is 132 cm³/mol. The number of piperidine rings is 1. The Morgan fingerprint density at radius 2 is 1.15 bits per heavy atom. The average Bonchev–Trinajstić information content (AvgIpc) is 2.87. The quantitative estimate of drug-likeness (QED) is 0.493. The fourth-order valence-electron chi connectivity index (χ4n) is 3.72. The smallest absolute Gasteiger partial charge is 0.243 e. The van der Waals surface area contributed by atoms with E-state index in [-0.39, 0.29) is 23.8 Å². The lowest BCUT2D eigenvalue weighted by molar-refractivity contribution is -0.113. The molecular formula is C27H25NO5S. The van der Waals surface area contributed by atoms with Crippen molar-refractivity contribution in [2.24, 2.45) is 0 Å². The van der Waals surface area contributed by atoms with Gasteiger partial charge in [-0.15, -0.1) is 0 Å². The molecule has 6 nitrogen and oxygen atoms in total. The van der Waals surface area contributed by atoms with Crippen LogP contribution in [0.3, 0.4) is 0 Å². The molecule has 0 unspecified atom stereocenters. The molecular weight excluding hydrogens is 450 g/mol. The van der Waals surface area contributed by atoms with E-state index in [0.29, 0.717) is 22.6 Å². The summed E-state index contributed by atoms with van der Waals surface area (Å²) >= 11 is 0. The van der Waals surface area contributed by atoms with Crippen LogP contribution in [-0.4, -0.2) is 45.8 Å². The van der Waals surface area contributed by atoms with Gasteiger partial charge in [0.05, 0.1) is 19.1 Å². The van der Waals surface area contributed by atoms with E-state index >= 15 is 0 Å². The molecule has 0 atom stereocenters. The molecule has 0 aliphatic carbocycles. The Kier molecular flexibility index (Phi) is 6.95. The second-order valence-electron chi connectivity index (χ2n) is 7.80. The molecule has 0 saturated carbocycles. The van der Waals surface area contributed by atoms with E-state index in [1.165, 1.54) is 4.31 Å². The van der Waals surface area contributed by atoms with Crippen molar-refractivity contribution >= 4 is 28.0 Å². The van der Waals surface area contributed by atoms with E-state index in [2.05, 4.69) is 0 Å². The van der Waals surface area contributed by atoms with Crippen LogP contribution in [0.25, 0.3) is 12.2 Å². The molecule has 0 radical (unpaired) electrons. The van der Waals surface area contributed by atoms with Gasteiger partial charge in [0, 0.05) is 24.2 Å². The van der Waals surface area contributed by atoms with Gasteiger partial charge in [0.25, 0.3) is 0 Å². The summed E-state index contributed by atoms with van der Waals surface area (Å²) in [5.41, 5.74) is 2.37. The molecule has 0 bridgehead atoms. The summed E-state index contributed by atoms with van der Waals surface area (Å²) in [6.07, 6.45) is 3.46. The van der Waals surface area contributed by atoms with Gasteiger partial charge < -0.3 is 9.47 Å². The SMILES string of the molecule is COc1ccc(/C=C2\CN(S(=O)(=O)c3ccccc3)C/C(=C\c3ccc(OC)cc3)C2=O)cc1. The maximum Gasteiger partial charge on any atom is 0.243 e. The van der Waals surface area contributed by atoms with Crippen molar-refractivity contribution in [3.63, 3.8) is 0 Å². The Labute approximate surface area is 199 Å². The molecule has 0 aromatic heterocycles. The number of hydrogen-bond acceptors (Lipinski definition) is 5. The fourth-order valence-corrected chi connectivity index (χ4v) is 5.14. The van der Waals surface area contributed by atoms with Gasteiger partial charge in [-0.05, 0) is 59.7 Å². The number of nitrogens with zero attached hydrogens (tertiary/aromatic N) is 1. The minimum atomic E-state index is -3.80. The first-order valence-electron chi connectivity index (χ1n) is 10.7. The molecule has 3 aromatic carbocycles. The van der Waals surface area contributed by atoms with Crippen LogP contribution in [0.2, 0.25) is 0 Å². The fraction of sp³-hybridized carbons (Fsp3) is 0.148. The molecule has 0 N–H and O–H groups in total. The summed E-state index contributed by atoms with van der Waals surface area (Å²) < 4.78 is 38.5. The summed E-state index contributed by atoms with van der Waals surface area (Å²) in [4.78, 5) is 13.6. The predicted octanol–water partition coefficient (Wildman–Crippen LogP) is 4.44. The molecule has 3 aromatic rings. The van der Waals surface area contributed by atoms with Crippen LogP contribution in [0, 0.1) is 0 Å². The third-order valence-corrected chi connectivity index (χ3v) is 7.38. The minimum Gasteiger partial charge on any atom is -0.497 e. The standard InChI is InChI=1S/C27H25NO5S/c1-32-24-12-8-20(9-13-24)16-22-18-28(34(30,31)26-6-4-3-5-7-26)19-23(27(22)29)17-21-10-14-25(33-2)15-11-21/h3-17H,18-19H2,1-2H3/b22-16+,23-17+. The Morgan fingerprint density at radius 3 is 1.56 bits per heavy atom. The lowest BCUT2D eigenvalue weighted by atomic mass is 9.95. The van der Waals surface area contributed by atoms with Crippen LogP contribution >= 0.6 is 0 Å². The Hall–Kier alpha value is -3.68. The Bertz CT molecular complexity index is 1260. The zero-order valence-electron chi connectivity index (χ0n) is 19.0. The monoisotopic (exact) mass is 475 g/mol. The van der Waals surface area contributed by atoms with E-state index in [1.807, 2.05) is 24.3 Å². The summed E-state index contributed by atoms with van der Waals surface area (Å²) in [6, 6.07) is 22.8. The average molecular weight is 476 g/mol. The number of ketones is 1. The number of rotatable bonds is 6. The van der Waals surface area contributed by atoms with E-state index in [9.17, 15) is 13.2 Å². The number of ether oxygens (including phenoxy) is 2. The molecule has 1 fully saturated rings. The van der Waals surface area contributed by atoms with E-state index in [1.54, 1.807) is 81.0 Å². The summed E-state index contributed by atoms with van der Waals surface area (Å²) in [6.45, 7) is -0.0237. The number of carbonyl (C=O) groups excluding carboxylic acids is 1. The second kappa shape index (κ2) is 10.1. The molecule has 7 heteroatoms. The number of methoxy groups -OCH3 is 2. The van der Waals surface area contributed by atoms with Crippen molar-refractivity contribution in [3.05, 3.63) is 101 Å².